The molecule has 0 N–H and O–H groups in total. The lowest BCUT2D eigenvalue weighted by Crippen LogP contribution is -2.38. The van der Waals surface area contributed by atoms with Gasteiger partial charge in [-0.1, -0.05) is 25.5 Å². The first kappa shape index (κ1) is 25.0. The first-order valence-electron chi connectivity index (χ1n) is 10.7. The number of imide groups is 1. The third-order valence-electron chi connectivity index (χ3n) is 5.04. The van der Waals surface area contributed by atoms with Crippen molar-refractivity contribution in [3.05, 3.63) is 41.3 Å². The van der Waals surface area contributed by atoms with Crippen molar-refractivity contribution < 1.29 is 28.2 Å². The number of methoxy groups -OCH3 is 2. The zero-order valence-electron chi connectivity index (χ0n) is 18.7. The van der Waals surface area contributed by atoms with Gasteiger partial charge in [0.15, 0.2) is 0 Å². The molecule has 0 spiro atoms. The minimum Gasteiger partial charge on any atom is -0.383 e. The zero-order valence-corrected chi connectivity index (χ0v) is 18.7. The van der Waals surface area contributed by atoms with Crippen LogP contribution in [0.5, 0.6) is 0 Å². The van der Waals surface area contributed by atoms with Gasteiger partial charge in [0.25, 0.3) is 11.8 Å². The molecule has 2 rings (SSSR count). The third-order valence-corrected chi connectivity index (χ3v) is 5.04. The van der Waals surface area contributed by atoms with Crippen molar-refractivity contribution in [3.63, 3.8) is 0 Å². The number of halogens is 1. The van der Waals surface area contributed by atoms with Crippen LogP contribution >= 0.6 is 0 Å². The van der Waals surface area contributed by atoms with Crippen LogP contribution in [0.2, 0.25) is 0 Å². The zero-order chi connectivity index (χ0) is 22.6. The van der Waals surface area contributed by atoms with Crippen LogP contribution < -0.4 is 0 Å². The van der Waals surface area contributed by atoms with E-state index < -0.39 is 5.82 Å². The maximum absolute atomic E-state index is 13.5. The maximum Gasteiger partial charge on any atom is 0.277 e. The molecular weight excluding hydrogens is 403 g/mol. The van der Waals surface area contributed by atoms with Gasteiger partial charge < -0.3 is 19.1 Å². The summed E-state index contributed by atoms with van der Waals surface area (Å²) in [5.74, 6) is -1.13. The van der Waals surface area contributed by atoms with E-state index in [1.165, 1.54) is 29.2 Å². The molecule has 0 saturated heterocycles. The van der Waals surface area contributed by atoms with E-state index in [9.17, 15) is 14.0 Å². The number of hydrogen-bond acceptors (Lipinski definition) is 6. The number of nitrogens with zero attached hydrogens (tertiary/aromatic N) is 2. The van der Waals surface area contributed by atoms with E-state index >= 15 is 0 Å². The summed E-state index contributed by atoms with van der Waals surface area (Å²) in [7, 11) is 3.16. The SMILES string of the molecule is CCCCOCCCN1C(=O)C(c2ccc(F)cc2)=C(N(CCOC)CCOC)C1=O. The topological polar surface area (TPSA) is 68.3 Å². The van der Waals surface area contributed by atoms with Gasteiger partial charge in [-0.3, -0.25) is 14.5 Å². The van der Waals surface area contributed by atoms with E-state index in [4.69, 9.17) is 14.2 Å². The second kappa shape index (κ2) is 13.2. The van der Waals surface area contributed by atoms with Gasteiger partial charge in [-0.25, -0.2) is 4.39 Å². The molecule has 0 aliphatic carbocycles. The summed E-state index contributed by atoms with van der Waals surface area (Å²) in [5, 5.41) is 0. The molecule has 2 amide bonds. The summed E-state index contributed by atoms with van der Waals surface area (Å²) < 4.78 is 29.4. The van der Waals surface area contributed by atoms with Crippen molar-refractivity contribution in [2.75, 3.05) is 60.3 Å². The summed E-state index contributed by atoms with van der Waals surface area (Å²) in [6, 6.07) is 5.63. The molecule has 1 aromatic carbocycles. The van der Waals surface area contributed by atoms with Crippen LogP contribution in [0.4, 0.5) is 4.39 Å². The molecule has 0 saturated carbocycles. The van der Waals surface area contributed by atoms with Crippen molar-refractivity contribution in [1.82, 2.24) is 9.80 Å². The van der Waals surface area contributed by atoms with Crippen molar-refractivity contribution >= 4 is 17.4 Å². The Morgan fingerprint density at radius 2 is 1.52 bits per heavy atom. The first-order chi connectivity index (χ1) is 15.0. The van der Waals surface area contributed by atoms with Crippen LogP contribution in [0.3, 0.4) is 0 Å². The summed E-state index contributed by atoms with van der Waals surface area (Å²) in [4.78, 5) is 29.6. The number of amides is 2. The Morgan fingerprint density at radius 3 is 2.10 bits per heavy atom. The highest BCUT2D eigenvalue weighted by molar-refractivity contribution is 6.35. The summed E-state index contributed by atoms with van der Waals surface area (Å²) in [6.07, 6.45) is 2.59. The van der Waals surface area contributed by atoms with E-state index in [1.807, 2.05) is 4.90 Å². The Kier molecular flexibility index (Phi) is 10.6. The quantitative estimate of drug-likeness (QED) is 0.311. The Bertz CT molecular complexity index is 743. The number of benzene rings is 1. The smallest absolute Gasteiger partial charge is 0.277 e. The van der Waals surface area contributed by atoms with Gasteiger partial charge in [0.1, 0.15) is 11.5 Å². The Morgan fingerprint density at radius 1 is 0.903 bits per heavy atom. The first-order valence-corrected chi connectivity index (χ1v) is 10.7. The molecule has 172 valence electrons. The summed E-state index contributed by atoms with van der Waals surface area (Å²) >= 11 is 0. The Hall–Kier alpha value is -2.29. The number of unbranched alkanes of at least 4 members (excludes halogenated alkanes) is 1. The molecule has 1 aliphatic rings. The second-order valence-corrected chi connectivity index (χ2v) is 7.28. The number of carbonyl (C=O) groups is 2. The average Bonchev–Trinajstić information content (AvgIpc) is 3.01. The van der Waals surface area contributed by atoms with Crippen LogP contribution in [0.25, 0.3) is 5.57 Å². The van der Waals surface area contributed by atoms with Gasteiger partial charge in [0.2, 0.25) is 0 Å². The minimum atomic E-state index is -0.403. The van der Waals surface area contributed by atoms with Crippen LogP contribution in [-0.4, -0.2) is 81.9 Å². The molecule has 0 unspecified atom stereocenters. The van der Waals surface area contributed by atoms with Gasteiger partial charge in [0, 0.05) is 47.1 Å². The largest absolute Gasteiger partial charge is 0.383 e. The van der Waals surface area contributed by atoms with E-state index in [2.05, 4.69) is 6.92 Å². The molecular formula is C23H33FN2O5. The van der Waals surface area contributed by atoms with Gasteiger partial charge in [0.05, 0.1) is 18.8 Å². The number of ether oxygens (including phenoxy) is 3. The van der Waals surface area contributed by atoms with Gasteiger partial charge in [-0.2, -0.15) is 0 Å². The average molecular weight is 437 g/mol. The van der Waals surface area contributed by atoms with Crippen LogP contribution in [-0.2, 0) is 23.8 Å². The van der Waals surface area contributed by atoms with Crippen LogP contribution in [0.15, 0.2) is 30.0 Å². The summed E-state index contributed by atoms with van der Waals surface area (Å²) in [6.45, 7) is 5.13. The van der Waals surface area contributed by atoms with Gasteiger partial charge in [-0.15, -0.1) is 0 Å². The van der Waals surface area contributed by atoms with E-state index in [0.717, 1.165) is 12.8 Å². The van der Waals surface area contributed by atoms with Crippen molar-refractivity contribution in [2.45, 2.75) is 26.2 Å². The van der Waals surface area contributed by atoms with E-state index in [1.54, 1.807) is 14.2 Å². The highest BCUT2D eigenvalue weighted by Gasteiger charge is 2.41. The normalized spacial score (nSPS) is 14.1. The monoisotopic (exact) mass is 436 g/mol. The van der Waals surface area contributed by atoms with Crippen LogP contribution in [0.1, 0.15) is 31.7 Å². The number of carbonyl (C=O) groups excluding carboxylic acids is 2. The molecule has 0 aromatic heterocycles. The molecule has 0 fully saturated rings. The van der Waals surface area contributed by atoms with Gasteiger partial charge in [-0.05, 0) is 30.5 Å². The highest BCUT2D eigenvalue weighted by atomic mass is 19.1. The molecule has 31 heavy (non-hydrogen) atoms. The fourth-order valence-corrected chi connectivity index (χ4v) is 3.35. The highest BCUT2D eigenvalue weighted by Crippen LogP contribution is 2.31. The molecule has 1 aliphatic heterocycles. The second-order valence-electron chi connectivity index (χ2n) is 7.28. The standard InChI is InChI=1S/C23H33FN2O5/c1-4-5-14-31-15-6-11-26-22(27)20(18-7-9-19(24)10-8-18)21(23(26)28)25(12-16-29-2)13-17-30-3/h7-10H,4-6,11-17H2,1-3H3. The Labute approximate surface area is 183 Å². The van der Waals surface area contributed by atoms with Crippen LogP contribution in [0, 0.1) is 5.82 Å². The van der Waals surface area contributed by atoms with E-state index in [-0.39, 0.29) is 23.9 Å². The Balaban J connectivity index is 2.28. The lowest BCUT2D eigenvalue weighted by Gasteiger charge is -2.25. The predicted molar refractivity (Wildman–Crippen MR) is 116 cm³/mol. The molecule has 1 heterocycles. The fraction of sp³-hybridized carbons (Fsp3) is 0.565. The van der Waals surface area contributed by atoms with E-state index in [0.29, 0.717) is 57.2 Å². The molecule has 7 nitrogen and oxygen atoms in total. The fourth-order valence-electron chi connectivity index (χ4n) is 3.35. The van der Waals surface area contributed by atoms with Crippen molar-refractivity contribution in [2.24, 2.45) is 0 Å². The minimum absolute atomic E-state index is 0.264. The molecule has 0 atom stereocenters. The van der Waals surface area contributed by atoms with Gasteiger partial charge >= 0.3 is 0 Å². The molecule has 0 radical (unpaired) electrons. The van der Waals surface area contributed by atoms with Crippen molar-refractivity contribution in [1.29, 1.82) is 0 Å². The molecule has 1 aromatic rings. The molecule has 8 heteroatoms. The number of hydrogen-bond donors (Lipinski definition) is 0. The maximum atomic E-state index is 13.5. The molecule has 0 bridgehead atoms. The lowest BCUT2D eigenvalue weighted by atomic mass is 10.0. The number of rotatable bonds is 15. The third kappa shape index (κ3) is 6.85. The predicted octanol–water partition coefficient (Wildman–Crippen LogP) is 2.71. The lowest BCUT2D eigenvalue weighted by molar-refractivity contribution is -0.137. The van der Waals surface area contributed by atoms with Crippen molar-refractivity contribution in [3.8, 4) is 0 Å². The summed E-state index contributed by atoms with van der Waals surface area (Å²) in [5.41, 5.74) is 1.10.